The minimum Gasteiger partial charge on any atom is -0.205 e. The zero-order valence-corrected chi connectivity index (χ0v) is 37.3. The van der Waals surface area contributed by atoms with Crippen molar-refractivity contribution in [2.75, 3.05) is 0 Å². The molecule has 0 aromatic carbocycles. The van der Waals surface area contributed by atoms with Crippen LogP contribution in [0.5, 0.6) is 0 Å². The highest BCUT2D eigenvalue weighted by atomic mass is 14.9. The molecule has 0 saturated carbocycles. The summed E-state index contributed by atoms with van der Waals surface area (Å²) in [5, 5.41) is 0. The van der Waals surface area contributed by atoms with Gasteiger partial charge in [-0.1, -0.05) is 258 Å². The number of aryl methyl sites for hydroxylation is 3. The van der Waals surface area contributed by atoms with Crippen molar-refractivity contribution in [3.05, 3.63) is 29.6 Å². The van der Waals surface area contributed by atoms with E-state index in [1.165, 1.54) is 283 Å². The van der Waals surface area contributed by atoms with E-state index >= 15 is 0 Å². The van der Waals surface area contributed by atoms with Gasteiger partial charge in [0.25, 0.3) is 0 Å². The van der Waals surface area contributed by atoms with Gasteiger partial charge >= 0.3 is 0 Å². The molecule has 0 spiro atoms. The van der Waals surface area contributed by atoms with Gasteiger partial charge in [0.2, 0.25) is 0 Å². The number of unbranched alkanes of at least 4 members (excludes halogenated alkanes) is 38. The van der Waals surface area contributed by atoms with E-state index < -0.39 is 0 Å². The van der Waals surface area contributed by atoms with Gasteiger partial charge in [0.05, 0.1) is 0 Å². The Kier molecular flexibility index (Phi) is 40.0. The summed E-state index contributed by atoms with van der Waals surface area (Å²) in [6.45, 7) is 8.16. The van der Waals surface area contributed by atoms with Crippen LogP contribution >= 0.6 is 0 Å². The number of nitrogens with zero attached hydrogens (tertiary/aromatic N) is 1. The minimum absolute atomic E-state index is 1.21. The topological polar surface area (TPSA) is 3.88 Å². The molecule has 0 bridgehead atoms. The zero-order valence-electron chi connectivity index (χ0n) is 37.3. The Morgan fingerprint density at radius 1 is 0.283 bits per heavy atom. The Bertz CT molecular complexity index is 828. The first kappa shape index (κ1) is 50.2. The van der Waals surface area contributed by atoms with Crippen LogP contribution in [0.1, 0.15) is 295 Å². The first-order chi connectivity index (χ1) is 26.3. The molecular weight excluding hydrogens is 639 g/mol. The summed E-state index contributed by atoms with van der Waals surface area (Å²) in [4.78, 5) is 0. The normalized spacial score (nSPS) is 11.6. The Morgan fingerprint density at radius 2 is 0.528 bits per heavy atom. The number of hydrogen-bond donors (Lipinski definition) is 0. The van der Waals surface area contributed by atoms with Crippen LogP contribution in [0.3, 0.4) is 0 Å². The molecule has 1 nitrogen and oxygen atoms in total. The van der Waals surface area contributed by atoms with Crippen molar-refractivity contribution in [1.29, 1.82) is 0 Å². The summed E-state index contributed by atoms with van der Waals surface area (Å²) in [7, 11) is 0. The van der Waals surface area contributed by atoms with Crippen molar-refractivity contribution < 1.29 is 4.57 Å². The van der Waals surface area contributed by atoms with Crippen LogP contribution < -0.4 is 4.57 Å². The molecule has 0 atom stereocenters. The summed E-state index contributed by atoms with van der Waals surface area (Å²) in [5.74, 6) is 0. The second-order valence-corrected chi connectivity index (χ2v) is 17.7. The molecule has 0 N–H and O–H groups in total. The fourth-order valence-corrected chi connectivity index (χ4v) is 8.56. The molecule has 0 aliphatic rings. The Labute approximate surface area is 336 Å². The molecule has 0 amide bonds. The van der Waals surface area contributed by atoms with Gasteiger partial charge in [0, 0.05) is 18.1 Å². The van der Waals surface area contributed by atoms with Gasteiger partial charge in [0.1, 0.15) is 6.54 Å². The number of rotatable bonds is 44. The van der Waals surface area contributed by atoms with Crippen LogP contribution in [0, 0.1) is 0 Å². The lowest BCUT2D eigenvalue weighted by atomic mass is 9.97. The second kappa shape index (κ2) is 42.3. The monoisotopic (exact) mass is 739 g/mol. The highest BCUT2D eigenvalue weighted by molar-refractivity contribution is 5.21. The summed E-state index contributed by atoms with van der Waals surface area (Å²) < 4.78 is 2.55. The van der Waals surface area contributed by atoms with Crippen LogP contribution in [0.15, 0.2) is 18.5 Å². The molecule has 0 aliphatic heterocycles. The average Bonchev–Trinajstić information content (AvgIpc) is 3.17. The molecular formula is C52H100N+. The molecule has 0 aliphatic carbocycles. The van der Waals surface area contributed by atoms with Crippen molar-refractivity contribution in [2.24, 2.45) is 0 Å². The second-order valence-electron chi connectivity index (χ2n) is 17.7. The van der Waals surface area contributed by atoms with Gasteiger partial charge in [0.15, 0.2) is 12.4 Å². The summed E-state index contributed by atoms with van der Waals surface area (Å²) in [6.07, 6.45) is 66.8. The van der Waals surface area contributed by atoms with Crippen molar-refractivity contribution >= 4 is 0 Å². The van der Waals surface area contributed by atoms with Gasteiger partial charge in [-0.25, -0.2) is 4.57 Å². The molecule has 1 heteroatoms. The van der Waals surface area contributed by atoms with E-state index in [0.29, 0.717) is 0 Å². The maximum absolute atomic E-state index is 2.57. The van der Waals surface area contributed by atoms with Crippen LogP contribution in [0.4, 0.5) is 0 Å². The molecule has 1 aromatic heterocycles. The lowest BCUT2D eigenvalue weighted by Gasteiger charge is -2.10. The SMILES string of the molecule is CCCCCCCCCCCCCCCCCCC[n+]1ccc(CCCCCCCCCCCCCC)c(CCCCCCCCCCCCCC)c1. The van der Waals surface area contributed by atoms with E-state index in [0.717, 1.165) is 0 Å². The van der Waals surface area contributed by atoms with E-state index in [1.807, 2.05) is 0 Å². The van der Waals surface area contributed by atoms with Crippen LogP contribution in [0.2, 0.25) is 0 Å². The molecule has 0 fully saturated rings. The third kappa shape index (κ3) is 35.3. The Morgan fingerprint density at radius 3 is 0.830 bits per heavy atom. The quantitative estimate of drug-likeness (QED) is 0.0464. The van der Waals surface area contributed by atoms with Gasteiger partial charge in [-0.2, -0.15) is 0 Å². The summed E-state index contributed by atoms with van der Waals surface area (Å²) >= 11 is 0. The predicted molar refractivity (Wildman–Crippen MR) is 240 cm³/mol. The fourth-order valence-electron chi connectivity index (χ4n) is 8.56. The molecule has 1 aromatic rings. The Balaban J connectivity index is 2.26. The van der Waals surface area contributed by atoms with Crippen molar-refractivity contribution in [3.8, 4) is 0 Å². The fraction of sp³-hybridized carbons (Fsp3) is 0.904. The number of aromatic nitrogens is 1. The summed E-state index contributed by atoms with van der Waals surface area (Å²) in [5.41, 5.74) is 3.34. The van der Waals surface area contributed by atoms with Gasteiger partial charge in [-0.15, -0.1) is 0 Å². The highest BCUT2D eigenvalue weighted by Gasteiger charge is 2.10. The van der Waals surface area contributed by atoms with E-state index in [9.17, 15) is 0 Å². The molecule has 0 unspecified atom stereocenters. The molecule has 1 heterocycles. The Hall–Kier alpha value is -0.850. The van der Waals surface area contributed by atoms with Crippen molar-refractivity contribution in [2.45, 2.75) is 303 Å². The van der Waals surface area contributed by atoms with Gasteiger partial charge in [-0.05, 0) is 37.7 Å². The maximum atomic E-state index is 2.57. The maximum Gasteiger partial charge on any atom is 0.172 e. The third-order valence-electron chi connectivity index (χ3n) is 12.3. The van der Waals surface area contributed by atoms with E-state index in [1.54, 1.807) is 11.1 Å². The average molecular weight is 739 g/mol. The minimum atomic E-state index is 1.21. The molecule has 0 saturated heterocycles. The molecule has 53 heavy (non-hydrogen) atoms. The zero-order chi connectivity index (χ0) is 38.0. The largest absolute Gasteiger partial charge is 0.205 e. The third-order valence-corrected chi connectivity index (χ3v) is 12.3. The predicted octanol–water partition coefficient (Wildman–Crippen LogP) is 18.1. The first-order valence-corrected chi connectivity index (χ1v) is 25.3. The van der Waals surface area contributed by atoms with E-state index in [2.05, 4.69) is 43.8 Å². The van der Waals surface area contributed by atoms with Crippen molar-refractivity contribution in [3.63, 3.8) is 0 Å². The molecule has 1 rings (SSSR count). The van der Waals surface area contributed by atoms with Gasteiger partial charge < -0.3 is 0 Å². The number of hydrogen-bond acceptors (Lipinski definition) is 0. The highest BCUT2D eigenvalue weighted by Crippen LogP contribution is 2.19. The number of pyridine rings is 1. The van der Waals surface area contributed by atoms with Crippen LogP contribution in [-0.2, 0) is 19.4 Å². The van der Waals surface area contributed by atoms with Crippen LogP contribution in [0.25, 0.3) is 0 Å². The van der Waals surface area contributed by atoms with Gasteiger partial charge in [-0.3, -0.25) is 0 Å². The van der Waals surface area contributed by atoms with E-state index in [-0.39, 0.29) is 0 Å². The lowest BCUT2D eigenvalue weighted by molar-refractivity contribution is -0.697. The standard InChI is InChI=1S/C52H100N/c1-4-7-10-13-16-19-22-25-26-27-28-29-32-35-38-41-44-48-53-49-47-51(45-42-39-36-33-30-23-20-17-14-11-8-5-2)52(50-53)46-43-40-37-34-31-24-21-18-15-12-9-6-3/h47,49-50H,4-46,48H2,1-3H3/q+1. The first-order valence-electron chi connectivity index (χ1n) is 25.3. The van der Waals surface area contributed by atoms with Crippen LogP contribution in [-0.4, -0.2) is 0 Å². The smallest absolute Gasteiger partial charge is 0.172 e. The van der Waals surface area contributed by atoms with E-state index in [4.69, 9.17) is 0 Å². The lowest BCUT2D eigenvalue weighted by Crippen LogP contribution is -2.34. The molecule has 0 radical (unpaired) electrons. The van der Waals surface area contributed by atoms with Crippen molar-refractivity contribution in [1.82, 2.24) is 0 Å². The summed E-state index contributed by atoms with van der Waals surface area (Å²) in [6, 6.07) is 2.52. The molecule has 312 valence electrons.